The van der Waals surface area contributed by atoms with Crippen LogP contribution in [0, 0.1) is 0 Å². The summed E-state index contributed by atoms with van der Waals surface area (Å²) in [6.45, 7) is 1.95. The summed E-state index contributed by atoms with van der Waals surface area (Å²) in [5, 5.41) is 9.09. The quantitative estimate of drug-likeness (QED) is 0.721. The van der Waals surface area contributed by atoms with Gasteiger partial charge in [0.05, 0.1) is 0 Å². The highest BCUT2D eigenvalue weighted by Crippen LogP contribution is 2.27. The van der Waals surface area contributed by atoms with Gasteiger partial charge in [-0.05, 0) is 32.7 Å². The molecule has 2 aliphatic rings. The van der Waals surface area contributed by atoms with Crippen LogP contribution in [0.3, 0.4) is 0 Å². The number of piperidine rings is 1. The van der Waals surface area contributed by atoms with Gasteiger partial charge >= 0.3 is 6.03 Å². The van der Waals surface area contributed by atoms with Crippen LogP contribution in [0.15, 0.2) is 0 Å². The molecule has 0 aromatic carbocycles. The van der Waals surface area contributed by atoms with Gasteiger partial charge in [-0.25, -0.2) is 13.6 Å². The summed E-state index contributed by atoms with van der Waals surface area (Å²) >= 11 is 0. The van der Waals surface area contributed by atoms with E-state index in [1.165, 1.54) is 0 Å². The van der Waals surface area contributed by atoms with Gasteiger partial charge in [0.15, 0.2) is 0 Å². The molecule has 1 aliphatic carbocycles. The van der Waals surface area contributed by atoms with Crippen molar-refractivity contribution < 1.29 is 13.6 Å². The molecule has 2 amide bonds. The van der Waals surface area contributed by atoms with Crippen molar-refractivity contribution in [3.63, 3.8) is 0 Å². The zero-order valence-corrected chi connectivity index (χ0v) is 13.3. The van der Waals surface area contributed by atoms with Crippen molar-refractivity contribution >= 4 is 6.03 Å². The molecule has 2 fully saturated rings. The van der Waals surface area contributed by atoms with E-state index in [2.05, 4.69) is 16.0 Å². The highest BCUT2D eigenvalue weighted by molar-refractivity contribution is 5.74. The molecule has 0 aromatic heterocycles. The van der Waals surface area contributed by atoms with E-state index < -0.39 is 5.92 Å². The number of hydrogen-bond acceptors (Lipinski definition) is 3. The van der Waals surface area contributed by atoms with Crippen molar-refractivity contribution in [2.75, 3.05) is 33.2 Å². The fraction of sp³-hybridized carbons (Fsp3) is 0.933. The molecule has 5 nitrogen and oxygen atoms in total. The summed E-state index contributed by atoms with van der Waals surface area (Å²) < 4.78 is 26.1. The van der Waals surface area contributed by atoms with Crippen molar-refractivity contribution in [2.45, 2.75) is 56.5 Å². The van der Waals surface area contributed by atoms with Crippen LogP contribution in [-0.4, -0.2) is 62.2 Å². The lowest BCUT2D eigenvalue weighted by Crippen LogP contribution is -2.48. The SMILES string of the molecule is CNC1CCC(NC(=O)NCCN2CCC(F)(F)CC2)CC1. The predicted octanol–water partition coefficient (Wildman–Crippen LogP) is 1.55. The lowest BCUT2D eigenvalue weighted by atomic mass is 9.91. The van der Waals surface area contributed by atoms with Crippen molar-refractivity contribution in [3.05, 3.63) is 0 Å². The largest absolute Gasteiger partial charge is 0.337 e. The van der Waals surface area contributed by atoms with Crippen LogP contribution in [0.5, 0.6) is 0 Å². The van der Waals surface area contributed by atoms with Crippen molar-refractivity contribution in [2.24, 2.45) is 0 Å². The second kappa shape index (κ2) is 8.06. The standard InChI is InChI=1S/C15H28F2N4O/c1-18-12-2-4-13(5-3-12)20-14(22)19-8-11-21-9-6-15(16,17)7-10-21/h12-13,18H,2-11H2,1H3,(H2,19,20,22). The van der Waals surface area contributed by atoms with E-state index in [1.54, 1.807) is 0 Å². The van der Waals surface area contributed by atoms with Crippen LogP contribution in [0.25, 0.3) is 0 Å². The van der Waals surface area contributed by atoms with E-state index >= 15 is 0 Å². The Bertz CT molecular complexity index is 349. The summed E-state index contributed by atoms with van der Waals surface area (Å²) in [6.07, 6.45) is 4.02. The Morgan fingerprint density at radius 3 is 2.32 bits per heavy atom. The van der Waals surface area contributed by atoms with E-state index in [0.717, 1.165) is 25.7 Å². The molecule has 3 N–H and O–H groups in total. The maximum absolute atomic E-state index is 13.0. The number of rotatable bonds is 5. The molecule has 1 aliphatic heterocycles. The summed E-state index contributed by atoms with van der Waals surface area (Å²) in [6, 6.07) is 0.673. The third kappa shape index (κ3) is 5.68. The minimum atomic E-state index is -2.51. The fourth-order valence-electron chi connectivity index (χ4n) is 3.19. The molecule has 0 bridgehead atoms. The van der Waals surface area contributed by atoms with E-state index in [0.29, 0.717) is 32.2 Å². The minimum absolute atomic E-state index is 0.0755. The van der Waals surface area contributed by atoms with Gasteiger partial charge in [-0.3, -0.25) is 0 Å². The number of hydrogen-bond donors (Lipinski definition) is 3. The maximum atomic E-state index is 13.0. The van der Waals surface area contributed by atoms with Gasteiger partial charge < -0.3 is 20.9 Å². The Morgan fingerprint density at radius 1 is 1.14 bits per heavy atom. The predicted molar refractivity (Wildman–Crippen MR) is 82.3 cm³/mol. The minimum Gasteiger partial charge on any atom is -0.337 e. The number of halogens is 2. The molecule has 1 saturated heterocycles. The number of carbonyl (C=O) groups is 1. The Hall–Kier alpha value is -0.950. The Balaban J connectivity index is 1.55. The fourth-order valence-corrected chi connectivity index (χ4v) is 3.19. The molecule has 0 radical (unpaired) electrons. The second-order valence-electron chi connectivity index (χ2n) is 6.44. The molecule has 128 valence electrons. The van der Waals surface area contributed by atoms with Gasteiger partial charge in [-0.2, -0.15) is 0 Å². The van der Waals surface area contributed by atoms with Gasteiger partial charge in [0.1, 0.15) is 0 Å². The lowest BCUT2D eigenvalue weighted by Gasteiger charge is -2.32. The molecule has 2 rings (SSSR count). The van der Waals surface area contributed by atoms with Gasteiger partial charge in [-0.15, -0.1) is 0 Å². The van der Waals surface area contributed by atoms with Gasteiger partial charge in [0, 0.05) is 51.1 Å². The smallest absolute Gasteiger partial charge is 0.315 e. The first-order chi connectivity index (χ1) is 10.5. The van der Waals surface area contributed by atoms with Crippen LogP contribution in [-0.2, 0) is 0 Å². The van der Waals surface area contributed by atoms with E-state index in [4.69, 9.17) is 0 Å². The lowest BCUT2D eigenvalue weighted by molar-refractivity contribution is -0.0546. The van der Waals surface area contributed by atoms with Crippen molar-refractivity contribution in [3.8, 4) is 0 Å². The molecule has 0 atom stereocenters. The summed E-state index contributed by atoms with van der Waals surface area (Å²) in [5.41, 5.74) is 0. The summed E-state index contributed by atoms with van der Waals surface area (Å²) in [5.74, 6) is -2.51. The molecular formula is C15H28F2N4O. The zero-order chi connectivity index (χ0) is 16.0. The number of urea groups is 1. The molecule has 1 heterocycles. The van der Waals surface area contributed by atoms with Crippen molar-refractivity contribution in [1.29, 1.82) is 0 Å². The van der Waals surface area contributed by atoms with Gasteiger partial charge in [-0.1, -0.05) is 0 Å². The molecule has 7 heteroatoms. The van der Waals surface area contributed by atoms with E-state index in [-0.39, 0.29) is 24.9 Å². The summed E-state index contributed by atoms with van der Waals surface area (Å²) in [4.78, 5) is 13.8. The van der Waals surface area contributed by atoms with Crippen LogP contribution < -0.4 is 16.0 Å². The molecule has 22 heavy (non-hydrogen) atoms. The van der Waals surface area contributed by atoms with Crippen LogP contribution >= 0.6 is 0 Å². The first-order valence-corrected chi connectivity index (χ1v) is 8.30. The number of alkyl halides is 2. The molecule has 1 saturated carbocycles. The van der Waals surface area contributed by atoms with Crippen LogP contribution in [0.2, 0.25) is 0 Å². The van der Waals surface area contributed by atoms with E-state index in [1.807, 2.05) is 11.9 Å². The highest BCUT2D eigenvalue weighted by Gasteiger charge is 2.33. The number of nitrogens with zero attached hydrogens (tertiary/aromatic N) is 1. The van der Waals surface area contributed by atoms with Crippen LogP contribution in [0.4, 0.5) is 13.6 Å². The maximum Gasteiger partial charge on any atom is 0.315 e. The molecule has 0 unspecified atom stereocenters. The summed E-state index contributed by atoms with van der Waals surface area (Å²) in [7, 11) is 1.97. The first kappa shape index (κ1) is 17.4. The van der Waals surface area contributed by atoms with Gasteiger partial charge in [0.2, 0.25) is 0 Å². The van der Waals surface area contributed by atoms with Crippen molar-refractivity contribution in [1.82, 2.24) is 20.9 Å². The zero-order valence-electron chi connectivity index (χ0n) is 13.3. The second-order valence-corrected chi connectivity index (χ2v) is 6.44. The number of amides is 2. The average Bonchev–Trinajstić information content (AvgIpc) is 2.50. The number of carbonyl (C=O) groups excluding carboxylic acids is 1. The van der Waals surface area contributed by atoms with E-state index in [9.17, 15) is 13.6 Å². The number of likely N-dealkylation sites (tertiary alicyclic amines) is 1. The molecule has 0 aromatic rings. The Morgan fingerprint density at radius 2 is 1.73 bits per heavy atom. The Labute approximate surface area is 131 Å². The normalized spacial score (nSPS) is 29.0. The third-order valence-corrected chi connectivity index (χ3v) is 4.77. The highest BCUT2D eigenvalue weighted by atomic mass is 19.3. The average molecular weight is 318 g/mol. The van der Waals surface area contributed by atoms with Crippen LogP contribution in [0.1, 0.15) is 38.5 Å². The topological polar surface area (TPSA) is 56.4 Å². The molecule has 0 spiro atoms. The number of nitrogens with one attached hydrogen (secondary N) is 3. The monoisotopic (exact) mass is 318 g/mol. The Kier molecular flexibility index (Phi) is 6.37. The first-order valence-electron chi connectivity index (χ1n) is 8.30. The third-order valence-electron chi connectivity index (χ3n) is 4.77. The van der Waals surface area contributed by atoms with Gasteiger partial charge in [0.25, 0.3) is 5.92 Å². The molecular weight excluding hydrogens is 290 g/mol.